The van der Waals surface area contributed by atoms with Gasteiger partial charge < -0.3 is 20.1 Å². The number of urea groups is 1. The summed E-state index contributed by atoms with van der Waals surface area (Å²) in [4.78, 5) is 12.0. The van der Waals surface area contributed by atoms with Crippen molar-refractivity contribution >= 4 is 17.6 Å². The molecule has 1 fully saturated rings. The van der Waals surface area contributed by atoms with E-state index in [-0.39, 0.29) is 12.1 Å². The van der Waals surface area contributed by atoms with Crippen LogP contribution in [0.5, 0.6) is 11.5 Å². The molecule has 0 aromatic heterocycles. The van der Waals surface area contributed by atoms with E-state index in [0.29, 0.717) is 18.1 Å². The topological polar surface area (TPSA) is 59.6 Å². The highest BCUT2D eigenvalue weighted by atomic mass is 35.5. The second-order valence-electron chi connectivity index (χ2n) is 6.67. The number of ether oxygens (including phenoxy) is 2. The Morgan fingerprint density at radius 3 is 2.30 bits per heavy atom. The normalized spacial score (nSPS) is 14.0. The molecule has 3 rings (SSSR count). The molecule has 1 saturated carbocycles. The molecule has 1 aliphatic rings. The van der Waals surface area contributed by atoms with Gasteiger partial charge in [0.2, 0.25) is 0 Å². The van der Waals surface area contributed by atoms with E-state index in [0.717, 1.165) is 35.5 Å². The number of hydrogen-bond donors (Lipinski definition) is 2. The first-order chi connectivity index (χ1) is 13.1. The lowest BCUT2D eigenvalue weighted by Gasteiger charge is -2.17. The summed E-state index contributed by atoms with van der Waals surface area (Å²) in [6.45, 7) is 0.860. The Labute approximate surface area is 165 Å². The van der Waals surface area contributed by atoms with Gasteiger partial charge in [0.05, 0.1) is 13.2 Å². The molecule has 0 unspecified atom stereocenters. The molecule has 5 nitrogen and oxygen atoms in total. The van der Waals surface area contributed by atoms with Crippen molar-refractivity contribution in [2.45, 2.75) is 44.9 Å². The zero-order valence-electron chi connectivity index (χ0n) is 15.5. The minimum absolute atomic E-state index is 0.223. The Hall–Kier alpha value is -2.40. The fourth-order valence-electron chi connectivity index (χ4n) is 3.14. The van der Waals surface area contributed by atoms with Crippen LogP contribution in [0.1, 0.15) is 36.8 Å². The fraction of sp³-hybridized carbons (Fsp3) is 0.381. The van der Waals surface area contributed by atoms with Crippen LogP contribution in [0.15, 0.2) is 42.5 Å². The zero-order chi connectivity index (χ0) is 19.1. The lowest BCUT2D eigenvalue weighted by Crippen LogP contribution is -2.34. The van der Waals surface area contributed by atoms with Crippen LogP contribution in [-0.4, -0.2) is 19.2 Å². The molecule has 27 heavy (non-hydrogen) atoms. The average molecular weight is 389 g/mol. The minimum atomic E-state index is -0.223. The van der Waals surface area contributed by atoms with Gasteiger partial charge in [-0.2, -0.15) is 0 Å². The number of hydrogen-bond acceptors (Lipinski definition) is 3. The van der Waals surface area contributed by atoms with Crippen LogP contribution in [0, 0.1) is 0 Å². The maximum Gasteiger partial charge on any atom is 0.315 e. The lowest BCUT2D eigenvalue weighted by molar-refractivity contribution is 0.200. The molecule has 2 aromatic rings. The summed E-state index contributed by atoms with van der Waals surface area (Å²) in [6, 6.07) is 12.9. The molecule has 0 heterocycles. The molecular weight excluding hydrogens is 364 g/mol. The van der Waals surface area contributed by atoms with Crippen LogP contribution < -0.4 is 20.1 Å². The van der Waals surface area contributed by atoms with Gasteiger partial charge in [-0.25, -0.2) is 4.79 Å². The van der Waals surface area contributed by atoms with Crippen molar-refractivity contribution < 1.29 is 14.3 Å². The van der Waals surface area contributed by atoms with Gasteiger partial charge in [-0.15, -0.1) is 0 Å². The number of benzene rings is 2. The van der Waals surface area contributed by atoms with Crippen LogP contribution in [-0.2, 0) is 13.1 Å². The number of amides is 2. The first kappa shape index (κ1) is 19.4. The summed E-state index contributed by atoms with van der Waals surface area (Å²) in [5.41, 5.74) is 1.96. The lowest BCUT2D eigenvalue weighted by atomic mass is 10.2. The number of carbonyl (C=O) groups excluding carboxylic acids is 1. The van der Waals surface area contributed by atoms with E-state index >= 15 is 0 Å². The first-order valence-corrected chi connectivity index (χ1v) is 9.61. The molecule has 0 atom stereocenters. The second-order valence-corrected chi connectivity index (χ2v) is 7.11. The van der Waals surface area contributed by atoms with Gasteiger partial charge in [-0.1, -0.05) is 29.8 Å². The summed E-state index contributed by atoms with van der Waals surface area (Å²) in [5.74, 6) is 1.46. The molecule has 0 saturated heterocycles. The summed E-state index contributed by atoms with van der Waals surface area (Å²) in [5, 5.41) is 6.38. The fourth-order valence-corrected chi connectivity index (χ4v) is 3.26. The van der Waals surface area contributed by atoms with Crippen molar-refractivity contribution in [2.24, 2.45) is 0 Å². The van der Waals surface area contributed by atoms with E-state index in [1.54, 1.807) is 19.2 Å². The predicted octanol–water partition coefficient (Wildman–Crippen LogP) is 4.67. The molecular formula is C21H25ClN2O3. The SMILES string of the molecule is COc1ccc(CNC(=O)NCc2ccc(Cl)cc2)cc1OC1CCCC1. The zero-order valence-corrected chi connectivity index (χ0v) is 16.2. The van der Waals surface area contributed by atoms with Gasteiger partial charge in [0.15, 0.2) is 11.5 Å². The average Bonchev–Trinajstić information content (AvgIpc) is 3.19. The molecule has 0 radical (unpaired) electrons. The Morgan fingerprint density at radius 1 is 1.00 bits per heavy atom. The third kappa shape index (κ3) is 5.79. The largest absolute Gasteiger partial charge is 0.493 e. The Balaban J connectivity index is 1.51. The molecule has 6 heteroatoms. The standard InChI is InChI=1S/C21H25ClN2O3/c1-26-19-11-8-16(12-20(19)27-18-4-2-3-5-18)14-24-21(25)23-13-15-6-9-17(22)10-7-15/h6-12,18H,2-5,13-14H2,1H3,(H2,23,24,25). The van der Waals surface area contributed by atoms with E-state index < -0.39 is 0 Å². The molecule has 144 valence electrons. The summed E-state index contributed by atoms with van der Waals surface area (Å²) >= 11 is 5.86. The Kier molecular flexibility index (Phi) is 6.82. The number of rotatable bonds is 7. The van der Waals surface area contributed by atoms with Gasteiger partial charge in [-0.05, 0) is 61.1 Å². The van der Waals surface area contributed by atoms with E-state index in [4.69, 9.17) is 21.1 Å². The van der Waals surface area contributed by atoms with Crippen molar-refractivity contribution in [2.75, 3.05) is 7.11 Å². The van der Waals surface area contributed by atoms with Gasteiger partial charge in [0.25, 0.3) is 0 Å². The van der Waals surface area contributed by atoms with Gasteiger partial charge in [-0.3, -0.25) is 0 Å². The number of halogens is 1. The number of methoxy groups -OCH3 is 1. The second kappa shape index (κ2) is 9.51. The van der Waals surface area contributed by atoms with E-state index in [1.165, 1.54) is 12.8 Å². The highest BCUT2D eigenvalue weighted by Gasteiger charge is 2.18. The molecule has 2 aromatic carbocycles. The summed E-state index contributed by atoms with van der Waals surface area (Å²) in [7, 11) is 1.64. The maximum absolute atomic E-state index is 12.0. The van der Waals surface area contributed by atoms with E-state index in [2.05, 4.69) is 10.6 Å². The van der Waals surface area contributed by atoms with Crippen LogP contribution in [0.2, 0.25) is 5.02 Å². The number of carbonyl (C=O) groups is 1. The van der Waals surface area contributed by atoms with Crippen LogP contribution in [0.4, 0.5) is 4.79 Å². The summed E-state index contributed by atoms with van der Waals surface area (Å²) in [6.07, 6.45) is 4.84. The van der Waals surface area contributed by atoms with Crippen molar-refractivity contribution in [1.29, 1.82) is 0 Å². The highest BCUT2D eigenvalue weighted by molar-refractivity contribution is 6.30. The van der Waals surface area contributed by atoms with Crippen molar-refractivity contribution in [3.63, 3.8) is 0 Å². The Morgan fingerprint density at radius 2 is 1.63 bits per heavy atom. The van der Waals surface area contributed by atoms with Crippen molar-refractivity contribution in [3.8, 4) is 11.5 Å². The van der Waals surface area contributed by atoms with Gasteiger partial charge >= 0.3 is 6.03 Å². The predicted molar refractivity (Wildman–Crippen MR) is 106 cm³/mol. The van der Waals surface area contributed by atoms with E-state index in [9.17, 15) is 4.79 Å². The monoisotopic (exact) mass is 388 g/mol. The van der Waals surface area contributed by atoms with Crippen LogP contribution in [0.3, 0.4) is 0 Å². The van der Waals surface area contributed by atoms with E-state index in [1.807, 2.05) is 30.3 Å². The Bertz CT molecular complexity index is 759. The van der Waals surface area contributed by atoms with Crippen LogP contribution >= 0.6 is 11.6 Å². The quantitative estimate of drug-likeness (QED) is 0.724. The summed E-state index contributed by atoms with van der Waals surface area (Å²) < 4.78 is 11.5. The third-order valence-electron chi connectivity index (χ3n) is 4.64. The third-order valence-corrected chi connectivity index (χ3v) is 4.90. The molecule has 0 spiro atoms. The smallest absolute Gasteiger partial charge is 0.315 e. The highest BCUT2D eigenvalue weighted by Crippen LogP contribution is 2.32. The molecule has 2 amide bonds. The number of nitrogens with one attached hydrogen (secondary N) is 2. The molecule has 0 aliphatic heterocycles. The van der Waals surface area contributed by atoms with Crippen molar-refractivity contribution in [3.05, 3.63) is 58.6 Å². The first-order valence-electron chi connectivity index (χ1n) is 9.24. The van der Waals surface area contributed by atoms with Gasteiger partial charge in [0.1, 0.15) is 0 Å². The molecule has 2 N–H and O–H groups in total. The van der Waals surface area contributed by atoms with Crippen LogP contribution in [0.25, 0.3) is 0 Å². The molecule has 1 aliphatic carbocycles. The minimum Gasteiger partial charge on any atom is -0.493 e. The maximum atomic E-state index is 12.0. The molecule has 0 bridgehead atoms. The van der Waals surface area contributed by atoms with Gasteiger partial charge in [0, 0.05) is 18.1 Å². The van der Waals surface area contributed by atoms with Crippen molar-refractivity contribution in [1.82, 2.24) is 10.6 Å².